The van der Waals surface area contributed by atoms with E-state index in [1.54, 1.807) is 17.3 Å². The summed E-state index contributed by atoms with van der Waals surface area (Å²) in [5, 5.41) is 0. The summed E-state index contributed by atoms with van der Waals surface area (Å²) in [5.41, 5.74) is -0.0963. The Morgan fingerprint density at radius 2 is 1.96 bits per heavy atom. The lowest BCUT2D eigenvalue weighted by molar-refractivity contribution is 0.0221. The Bertz CT molecular complexity index is 665. The summed E-state index contributed by atoms with van der Waals surface area (Å²) in [6.45, 7) is 6.05. The summed E-state index contributed by atoms with van der Waals surface area (Å²) in [7, 11) is 0. The highest BCUT2D eigenvalue weighted by molar-refractivity contribution is 5.75. The minimum absolute atomic E-state index is 0.240. The van der Waals surface area contributed by atoms with E-state index in [9.17, 15) is 9.59 Å². The van der Waals surface area contributed by atoms with Gasteiger partial charge in [0.2, 0.25) is 0 Å². The Balaban J connectivity index is 1.84. The minimum atomic E-state index is -0.607. The zero-order valence-corrected chi connectivity index (χ0v) is 14.2. The molecular formula is C18H22N2O4. The van der Waals surface area contributed by atoms with Crippen molar-refractivity contribution < 1.29 is 19.1 Å². The second kappa shape index (κ2) is 5.85. The summed E-state index contributed by atoms with van der Waals surface area (Å²) in [5.74, 6) is 0. The SMILES string of the molecule is CC(C)(C)OC(=O)N1C=CN2C(=O)OCC2(Cc2ccccc2)C1. The van der Waals surface area contributed by atoms with Crippen molar-refractivity contribution in [2.45, 2.75) is 38.3 Å². The molecule has 0 aliphatic carbocycles. The Labute approximate surface area is 141 Å². The molecule has 1 unspecified atom stereocenters. The molecule has 0 N–H and O–H groups in total. The second-order valence-corrected chi connectivity index (χ2v) is 7.22. The summed E-state index contributed by atoms with van der Waals surface area (Å²) in [6, 6.07) is 9.87. The first kappa shape index (κ1) is 16.4. The molecular weight excluding hydrogens is 308 g/mol. The normalized spacial score (nSPS) is 23.0. The van der Waals surface area contributed by atoms with E-state index in [-0.39, 0.29) is 12.7 Å². The van der Waals surface area contributed by atoms with E-state index in [0.717, 1.165) is 5.56 Å². The van der Waals surface area contributed by atoms with Gasteiger partial charge in [0.15, 0.2) is 0 Å². The lowest BCUT2D eigenvalue weighted by atomic mass is 9.89. The molecule has 6 nitrogen and oxygen atoms in total. The van der Waals surface area contributed by atoms with Gasteiger partial charge in [0.1, 0.15) is 17.7 Å². The lowest BCUT2D eigenvalue weighted by Gasteiger charge is -2.40. The Hall–Kier alpha value is -2.50. The molecule has 1 aromatic rings. The summed E-state index contributed by atoms with van der Waals surface area (Å²) >= 11 is 0. The third-order valence-electron chi connectivity index (χ3n) is 4.04. The molecule has 128 valence electrons. The molecule has 0 bridgehead atoms. The number of cyclic esters (lactones) is 1. The number of amides is 2. The molecule has 0 aromatic heterocycles. The van der Waals surface area contributed by atoms with Crippen molar-refractivity contribution >= 4 is 12.2 Å². The summed E-state index contributed by atoms with van der Waals surface area (Å²) < 4.78 is 10.7. The number of ether oxygens (including phenoxy) is 2. The van der Waals surface area contributed by atoms with Crippen LogP contribution in [0.5, 0.6) is 0 Å². The van der Waals surface area contributed by atoms with E-state index >= 15 is 0 Å². The van der Waals surface area contributed by atoms with Crippen molar-refractivity contribution in [3.63, 3.8) is 0 Å². The van der Waals surface area contributed by atoms with E-state index in [1.807, 2.05) is 51.1 Å². The Morgan fingerprint density at radius 3 is 2.62 bits per heavy atom. The van der Waals surface area contributed by atoms with Gasteiger partial charge in [-0.1, -0.05) is 30.3 Å². The molecule has 2 heterocycles. The van der Waals surface area contributed by atoms with E-state index in [1.165, 1.54) is 4.90 Å². The average Bonchev–Trinajstić information content (AvgIpc) is 2.83. The predicted octanol–water partition coefficient (Wildman–Crippen LogP) is 3.14. The van der Waals surface area contributed by atoms with Gasteiger partial charge >= 0.3 is 12.2 Å². The summed E-state index contributed by atoms with van der Waals surface area (Å²) in [6.07, 6.45) is 2.97. The molecule has 3 rings (SSSR count). The van der Waals surface area contributed by atoms with Crippen LogP contribution >= 0.6 is 0 Å². The van der Waals surface area contributed by atoms with Gasteiger partial charge in [0.05, 0.1) is 6.54 Å². The molecule has 24 heavy (non-hydrogen) atoms. The van der Waals surface area contributed by atoms with E-state index in [2.05, 4.69) is 0 Å². The number of rotatable bonds is 2. The van der Waals surface area contributed by atoms with Gasteiger partial charge in [-0.3, -0.25) is 9.80 Å². The minimum Gasteiger partial charge on any atom is -0.447 e. The highest BCUT2D eigenvalue weighted by Gasteiger charge is 2.50. The first-order valence-electron chi connectivity index (χ1n) is 7.97. The van der Waals surface area contributed by atoms with Crippen LogP contribution in [0.15, 0.2) is 42.7 Å². The van der Waals surface area contributed by atoms with Gasteiger partial charge in [-0.2, -0.15) is 0 Å². The quantitative estimate of drug-likeness (QED) is 0.836. The van der Waals surface area contributed by atoms with Gasteiger partial charge in [-0.25, -0.2) is 9.59 Å². The van der Waals surface area contributed by atoms with Crippen LogP contribution in [0.4, 0.5) is 9.59 Å². The fourth-order valence-electron chi connectivity index (χ4n) is 3.00. The first-order chi connectivity index (χ1) is 11.3. The third-order valence-corrected chi connectivity index (χ3v) is 4.04. The van der Waals surface area contributed by atoms with Crippen LogP contribution < -0.4 is 0 Å². The molecule has 2 amide bonds. The van der Waals surface area contributed by atoms with Gasteiger partial charge < -0.3 is 9.47 Å². The average molecular weight is 330 g/mol. The van der Waals surface area contributed by atoms with Crippen molar-refractivity contribution in [2.75, 3.05) is 13.2 Å². The molecule has 2 aliphatic heterocycles. The van der Waals surface area contributed by atoms with Crippen LogP contribution in [0.3, 0.4) is 0 Å². The molecule has 0 saturated carbocycles. The maximum Gasteiger partial charge on any atom is 0.414 e. The predicted molar refractivity (Wildman–Crippen MR) is 88.1 cm³/mol. The first-order valence-corrected chi connectivity index (χ1v) is 7.97. The van der Waals surface area contributed by atoms with Crippen LogP contribution in [-0.4, -0.2) is 46.3 Å². The van der Waals surface area contributed by atoms with Crippen molar-refractivity contribution in [3.8, 4) is 0 Å². The van der Waals surface area contributed by atoms with E-state index in [4.69, 9.17) is 9.47 Å². The molecule has 0 radical (unpaired) electrons. The fraction of sp³-hybridized carbons (Fsp3) is 0.444. The van der Waals surface area contributed by atoms with Gasteiger partial charge in [0.25, 0.3) is 0 Å². The van der Waals surface area contributed by atoms with Crippen LogP contribution in [0, 0.1) is 0 Å². The van der Waals surface area contributed by atoms with Crippen LogP contribution in [0.2, 0.25) is 0 Å². The number of carbonyl (C=O) groups excluding carboxylic acids is 2. The fourth-order valence-corrected chi connectivity index (χ4v) is 3.00. The number of benzene rings is 1. The molecule has 2 aliphatic rings. The number of nitrogens with zero attached hydrogens (tertiary/aromatic N) is 2. The van der Waals surface area contributed by atoms with Crippen molar-refractivity contribution in [2.24, 2.45) is 0 Å². The maximum absolute atomic E-state index is 12.4. The zero-order valence-electron chi connectivity index (χ0n) is 14.2. The molecule has 1 atom stereocenters. The van der Waals surface area contributed by atoms with E-state index in [0.29, 0.717) is 13.0 Å². The Kier molecular flexibility index (Phi) is 3.99. The Morgan fingerprint density at radius 1 is 1.25 bits per heavy atom. The number of fused-ring (bicyclic) bond motifs is 1. The lowest BCUT2D eigenvalue weighted by Crippen LogP contribution is -2.57. The van der Waals surface area contributed by atoms with Gasteiger partial charge in [-0.05, 0) is 26.3 Å². The molecule has 1 aromatic carbocycles. The number of hydrogen-bond donors (Lipinski definition) is 0. The van der Waals surface area contributed by atoms with Crippen LogP contribution in [0.25, 0.3) is 0 Å². The number of hydrogen-bond acceptors (Lipinski definition) is 4. The number of carbonyl (C=O) groups is 2. The van der Waals surface area contributed by atoms with Gasteiger partial charge in [0, 0.05) is 18.8 Å². The summed E-state index contributed by atoms with van der Waals surface area (Å²) in [4.78, 5) is 27.5. The topological polar surface area (TPSA) is 59.1 Å². The van der Waals surface area contributed by atoms with Crippen molar-refractivity contribution in [1.82, 2.24) is 9.80 Å². The molecule has 6 heteroatoms. The molecule has 0 spiro atoms. The smallest absolute Gasteiger partial charge is 0.414 e. The largest absolute Gasteiger partial charge is 0.447 e. The monoisotopic (exact) mass is 330 g/mol. The molecule has 1 fully saturated rings. The molecule has 1 saturated heterocycles. The van der Waals surface area contributed by atoms with Crippen LogP contribution in [-0.2, 0) is 15.9 Å². The third kappa shape index (κ3) is 3.22. The van der Waals surface area contributed by atoms with Crippen molar-refractivity contribution in [3.05, 3.63) is 48.3 Å². The van der Waals surface area contributed by atoms with Crippen LogP contribution in [0.1, 0.15) is 26.3 Å². The highest BCUT2D eigenvalue weighted by atomic mass is 16.6. The van der Waals surface area contributed by atoms with E-state index < -0.39 is 17.2 Å². The maximum atomic E-state index is 12.4. The standard InChI is InChI=1S/C18H22N2O4/c1-17(2,3)24-15(21)19-9-10-20-16(22)23-13-18(20,12-19)11-14-7-5-4-6-8-14/h4-10H,11-13H2,1-3H3. The zero-order chi connectivity index (χ0) is 17.4. The van der Waals surface area contributed by atoms with Crippen molar-refractivity contribution in [1.29, 1.82) is 0 Å². The second-order valence-electron chi connectivity index (χ2n) is 7.22. The van der Waals surface area contributed by atoms with Gasteiger partial charge in [-0.15, -0.1) is 0 Å². The highest BCUT2D eigenvalue weighted by Crippen LogP contribution is 2.33.